The lowest BCUT2D eigenvalue weighted by Gasteiger charge is -2.14. The number of nitrogens with one attached hydrogen (secondary N) is 1. The number of rotatable bonds is 6. The van der Waals surface area contributed by atoms with Gasteiger partial charge in [-0.05, 0) is 25.3 Å². The highest BCUT2D eigenvalue weighted by Crippen LogP contribution is 2.32. The van der Waals surface area contributed by atoms with Gasteiger partial charge in [-0.1, -0.05) is 19.8 Å². The molecule has 0 spiro atoms. The van der Waals surface area contributed by atoms with Gasteiger partial charge in [0.1, 0.15) is 0 Å². The number of nitrogens with zero attached hydrogens (tertiary/aromatic N) is 2. The Morgan fingerprint density at radius 3 is 2.93 bits per heavy atom. The molecule has 0 amide bonds. The standard InChI is InChI=1S/C12H21N3/c1-3-12(11-8-14-15(2)9-11)13-7-6-10-4-5-10/h8-10,12-13H,3-7H2,1-2H3. The Kier molecular flexibility index (Phi) is 3.41. The van der Waals surface area contributed by atoms with Gasteiger partial charge in [-0.2, -0.15) is 5.10 Å². The zero-order valence-electron chi connectivity index (χ0n) is 9.74. The van der Waals surface area contributed by atoms with Gasteiger partial charge in [0.2, 0.25) is 0 Å². The van der Waals surface area contributed by atoms with Crippen molar-refractivity contribution in [3.8, 4) is 0 Å². The molecule has 0 aliphatic heterocycles. The van der Waals surface area contributed by atoms with Gasteiger partial charge in [0.15, 0.2) is 0 Å². The Hall–Kier alpha value is -0.830. The first-order valence-corrected chi connectivity index (χ1v) is 6.01. The molecule has 2 rings (SSSR count). The van der Waals surface area contributed by atoms with Gasteiger partial charge in [0.25, 0.3) is 0 Å². The van der Waals surface area contributed by atoms with Crippen molar-refractivity contribution < 1.29 is 0 Å². The average molecular weight is 207 g/mol. The second-order valence-corrected chi connectivity index (χ2v) is 4.59. The fourth-order valence-corrected chi connectivity index (χ4v) is 1.99. The van der Waals surface area contributed by atoms with E-state index in [0.29, 0.717) is 6.04 Å². The van der Waals surface area contributed by atoms with E-state index in [1.807, 2.05) is 17.9 Å². The van der Waals surface area contributed by atoms with Crippen molar-refractivity contribution in [2.45, 2.75) is 38.6 Å². The first-order chi connectivity index (χ1) is 7.29. The van der Waals surface area contributed by atoms with Crippen LogP contribution in [-0.4, -0.2) is 16.3 Å². The maximum atomic E-state index is 4.22. The summed E-state index contributed by atoms with van der Waals surface area (Å²) in [6.45, 7) is 3.37. The van der Waals surface area contributed by atoms with Crippen LogP contribution in [0.5, 0.6) is 0 Å². The highest BCUT2D eigenvalue weighted by molar-refractivity contribution is 5.09. The molecule has 1 fully saturated rings. The zero-order chi connectivity index (χ0) is 10.7. The smallest absolute Gasteiger partial charge is 0.0537 e. The van der Waals surface area contributed by atoms with Gasteiger partial charge >= 0.3 is 0 Å². The number of aryl methyl sites for hydroxylation is 1. The fourth-order valence-electron chi connectivity index (χ4n) is 1.99. The Morgan fingerprint density at radius 2 is 2.40 bits per heavy atom. The van der Waals surface area contributed by atoms with Crippen molar-refractivity contribution >= 4 is 0 Å². The van der Waals surface area contributed by atoms with Crippen LogP contribution in [0.15, 0.2) is 12.4 Å². The van der Waals surface area contributed by atoms with E-state index >= 15 is 0 Å². The van der Waals surface area contributed by atoms with E-state index in [2.05, 4.69) is 23.5 Å². The van der Waals surface area contributed by atoms with Crippen LogP contribution < -0.4 is 5.32 Å². The molecule has 1 aliphatic rings. The first-order valence-electron chi connectivity index (χ1n) is 6.01. The first kappa shape index (κ1) is 10.7. The Bertz CT molecular complexity index is 302. The zero-order valence-corrected chi connectivity index (χ0v) is 9.74. The molecule has 1 aromatic heterocycles. The molecule has 3 heteroatoms. The van der Waals surface area contributed by atoms with Gasteiger partial charge in [-0.3, -0.25) is 4.68 Å². The highest BCUT2D eigenvalue weighted by atomic mass is 15.2. The summed E-state index contributed by atoms with van der Waals surface area (Å²) in [6, 6.07) is 0.484. The van der Waals surface area contributed by atoms with Gasteiger partial charge in [0.05, 0.1) is 6.20 Å². The largest absolute Gasteiger partial charge is 0.310 e. The van der Waals surface area contributed by atoms with Gasteiger partial charge in [-0.25, -0.2) is 0 Å². The van der Waals surface area contributed by atoms with E-state index in [-0.39, 0.29) is 0 Å². The maximum Gasteiger partial charge on any atom is 0.0537 e. The third-order valence-electron chi connectivity index (χ3n) is 3.18. The molecule has 0 saturated heterocycles. The topological polar surface area (TPSA) is 29.9 Å². The molecular weight excluding hydrogens is 186 g/mol. The lowest BCUT2D eigenvalue weighted by Crippen LogP contribution is -2.21. The molecule has 84 valence electrons. The molecule has 1 atom stereocenters. The van der Waals surface area contributed by atoms with Gasteiger partial charge in [0, 0.05) is 24.8 Å². The van der Waals surface area contributed by atoms with E-state index in [9.17, 15) is 0 Å². The Labute approximate surface area is 91.9 Å². The lowest BCUT2D eigenvalue weighted by atomic mass is 10.1. The van der Waals surface area contributed by atoms with Crippen LogP contribution >= 0.6 is 0 Å². The predicted molar refractivity (Wildman–Crippen MR) is 61.6 cm³/mol. The summed E-state index contributed by atoms with van der Waals surface area (Å²) in [7, 11) is 1.97. The molecule has 0 aromatic carbocycles. The molecule has 1 saturated carbocycles. The van der Waals surface area contributed by atoms with E-state index in [1.165, 1.54) is 24.8 Å². The van der Waals surface area contributed by atoms with Crippen molar-refractivity contribution in [2.24, 2.45) is 13.0 Å². The van der Waals surface area contributed by atoms with Crippen LogP contribution in [-0.2, 0) is 7.05 Å². The SMILES string of the molecule is CCC(NCCC1CC1)c1cnn(C)c1. The highest BCUT2D eigenvalue weighted by Gasteiger charge is 2.21. The lowest BCUT2D eigenvalue weighted by molar-refractivity contribution is 0.498. The number of aromatic nitrogens is 2. The van der Waals surface area contributed by atoms with E-state index < -0.39 is 0 Å². The molecule has 1 aliphatic carbocycles. The summed E-state index contributed by atoms with van der Waals surface area (Å²) in [5, 5.41) is 7.83. The molecule has 1 N–H and O–H groups in total. The maximum absolute atomic E-state index is 4.22. The van der Waals surface area contributed by atoms with Crippen molar-refractivity contribution in [1.82, 2.24) is 15.1 Å². The van der Waals surface area contributed by atoms with Crippen molar-refractivity contribution in [3.05, 3.63) is 18.0 Å². The summed E-state index contributed by atoms with van der Waals surface area (Å²) in [4.78, 5) is 0. The van der Waals surface area contributed by atoms with Crippen molar-refractivity contribution in [2.75, 3.05) is 6.54 Å². The normalized spacial score (nSPS) is 18.0. The molecule has 0 bridgehead atoms. The van der Waals surface area contributed by atoms with Crippen LogP contribution in [0.25, 0.3) is 0 Å². The quantitative estimate of drug-likeness (QED) is 0.775. The average Bonchev–Trinajstić information content (AvgIpc) is 2.96. The molecule has 0 radical (unpaired) electrons. The molecule has 1 heterocycles. The molecule has 1 unspecified atom stereocenters. The van der Waals surface area contributed by atoms with E-state index in [0.717, 1.165) is 18.9 Å². The molecule has 3 nitrogen and oxygen atoms in total. The van der Waals surface area contributed by atoms with Gasteiger partial charge < -0.3 is 5.32 Å². The summed E-state index contributed by atoms with van der Waals surface area (Å²) >= 11 is 0. The number of hydrogen-bond donors (Lipinski definition) is 1. The molecular formula is C12H21N3. The summed E-state index contributed by atoms with van der Waals surface area (Å²) in [5.41, 5.74) is 1.32. The van der Waals surface area contributed by atoms with Crippen molar-refractivity contribution in [1.29, 1.82) is 0 Å². The fraction of sp³-hybridized carbons (Fsp3) is 0.750. The third-order valence-corrected chi connectivity index (χ3v) is 3.18. The van der Waals surface area contributed by atoms with Crippen LogP contribution in [0.2, 0.25) is 0 Å². The van der Waals surface area contributed by atoms with E-state index in [1.54, 1.807) is 0 Å². The second kappa shape index (κ2) is 4.79. The minimum absolute atomic E-state index is 0.484. The van der Waals surface area contributed by atoms with E-state index in [4.69, 9.17) is 0 Å². The minimum atomic E-state index is 0.484. The van der Waals surface area contributed by atoms with Crippen LogP contribution in [0.4, 0.5) is 0 Å². The second-order valence-electron chi connectivity index (χ2n) is 4.59. The summed E-state index contributed by atoms with van der Waals surface area (Å²) in [5.74, 6) is 1.02. The predicted octanol–water partition coefficient (Wildman–Crippen LogP) is 2.26. The van der Waals surface area contributed by atoms with Crippen molar-refractivity contribution in [3.63, 3.8) is 0 Å². The Balaban J connectivity index is 1.80. The Morgan fingerprint density at radius 1 is 1.60 bits per heavy atom. The van der Waals surface area contributed by atoms with Gasteiger partial charge in [-0.15, -0.1) is 0 Å². The van der Waals surface area contributed by atoms with Crippen LogP contribution in [0.3, 0.4) is 0 Å². The number of hydrogen-bond acceptors (Lipinski definition) is 2. The molecule has 1 aromatic rings. The summed E-state index contributed by atoms with van der Waals surface area (Å²) < 4.78 is 1.88. The minimum Gasteiger partial charge on any atom is -0.310 e. The summed E-state index contributed by atoms with van der Waals surface area (Å²) in [6.07, 6.45) is 9.46. The van der Waals surface area contributed by atoms with Crippen LogP contribution in [0.1, 0.15) is 44.2 Å². The third kappa shape index (κ3) is 3.06. The monoisotopic (exact) mass is 207 g/mol. The molecule has 15 heavy (non-hydrogen) atoms. The van der Waals surface area contributed by atoms with Crippen LogP contribution in [0, 0.1) is 5.92 Å².